The van der Waals surface area contributed by atoms with E-state index < -0.39 is 0 Å². The van der Waals surface area contributed by atoms with Crippen molar-refractivity contribution in [2.24, 2.45) is 23.7 Å². The van der Waals surface area contributed by atoms with E-state index >= 15 is 0 Å². The molecule has 33 heavy (non-hydrogen) atoms. The number of ether oxygens (including phenoxy) is 1. The molecule has 0 heterocycles. The molecule has 180 valence electrons. The van der Waals surface area contributed by atoms with Crippen molar-refractivity contribution < 1.29 is 9.53 Å². The first-order chi connectivity index (χ1) is 16.2. The lowest BCUT2D eigenvalue weighted by atomic mass is 9.79. The standard InChI is InChI=1S/C31H44O2/c1-3-5-6-10-26-13-15-27(16-14-26)11-7-8-12-28-19-23-30(24-20-28)33-31(32)29-21-17-25(9-4-2)18-22-29/h7,11,19-20,23-27,29H,3-6,9-10,13-18,21-22H2,1-2H3/b11-7+. The van der Waals surface area contributed by atoms with Gasteiger partial charge in [0.05, 0.1) is 5.92 Å². The van der Waals surface area contributed by atoms with E-state index in [1.165, 1.54) is 64.2 Å². The quantitative estimate of drug-likeness (QED) is 0.164. The third kappa shape index (κ3) is 9.04. The van der Waals surface area contributed by atoms with Gasteiger partial charge in [0.25, 0.3) is 0 Å². The van der Waals surface area contributed by atoms with E-state index in [1.54, 1.807) is 0 Å². The van der Waals surface area contributed by atoms with Gasteiger partial charge in [-0.15, -0.1) is 0 Å². The maximum absolute atomic E-state index is 12.5. The molecule has 2 aliphatic rings. The van der Waals surface area contributed by atoms with Crippen molar-refractivity contribution in [2.75, 3.05) is 0 Å². The molecule has 2 nitrogen and oxygen atoms in total. The summed E-state index contributed by atoms with van der Waals surface area (Å²) in [6.45, 7) is 4.53. The van der Waals surface area contributed by atoms with Crippen LogP contribution >= 0.6 is 0 Å². The first kappa shape index (κ1) is 25.6. The zero-order valence-corrected chi connectivity index (χ0v) is 21.0. The molecule has 2 heteroatoms. The van der Waals surface area contributed by atoms with Crippen molar-refractivity contribution in [3.8, 4) is 17.6 Å². The fourth-order valence-electron chi connectivity index (χ4n) is 5.56. The van der Waals surface area contributed by atoms with E-state index in [1.807, 2.05) is 30.3 Å². The van der Waals surface area contributed by atoms with Gasteiger partial charge in [-0.1, -0.05) is 70.3 Å². The zero-order chi connectivity index (χ0) is 23.3. The van der Waals surface area contributed by atoms with Gasteiger partial charge in [-0.2, -0.15) is 0 Å². The fourth-order valence-corrected chi connectivity index (χ4v) is 5.56. The maximum atomic E-state index is 12.5. The average molecular weight is 449 g/mol. The zero-order valence-electron chi connectivity index (χ0n) is 21.0. The molecule has 0 aliphatic heterocycles. The number of carbonyl (C=O) groups is 1. The van der Waals surface area contributed by atoms with Crippen LogP contribution in [0.2, 0.25) is 0 Å². The summed E-state index contributed by atoms with van der Waals surface area (Å²) >= 11 is 0. The average Bonchev–Trinajstić information content (AvgIpc) is 2.84. The van der Waals surface area contributed by atoms with Gasteiger partial charge in [0.1, 0.15) is 5.75 Å². The first-order valence-electron chi connectivity index (χ1n) is 13.7. The Balaban J connectivity index is 1.37. The third-order valence-corrected chi connectivity index (χ3v) is 7.73. The first-order valence-corrected chi connectivity index (χ1v) is 13.7. The van der Waals surface area contributed by atoms with Gasteiger partial charge in [-0.25, -0.2) is 0 Å². The Morgan fingerprint density at radius 1 is 0.879 bits per heavy atom. The molecule has 1 aromatic carbocycles. The van der Waals surface area contributed by atoms with Gasteiger partial charge >= 0.3 is 5.97 Å². The molecule has 2 saturated carbocycles. The summed E-state index contributed by atoms with van der Waals surface area (Å²) in [5.41, 5.74) is 0.958. The van der Waals surface area contributed by atoms with Crippen LogP contribution in [-0.4, -0.2) is 5.97 Å². The number of allylic oxidation sites excluding steroid dienone is 2. The van der Waals surface area contributed by atoms with Gasteiger partial charge in [0, 0.05) is 5.56 Å². The van der Waals surface area contributed by atoms with Crippen molar-refractivity contribution in [3.05, 3.63) is 42.0 Å². The highest BCUT2D eigenvalue weighted by atomic mass is 16.5. The molecule has 0 N–H and O–H groups in total. The number of unbranched alkanes of at least 4 members (excludes halogenated alkanes) is 2. The molecule has 0 amide bonds. The summed E-state index contributed by atoms with van der Waals surface area (Å²) in [5.74, 6) is 9.49. The van der Waals surface area contributed by atoms with Gasteiger partial charge in [0.2, 0.25) is 0 Å². The van der Waals surface area contributed by atoms with E-state index in [0.29, 0.717) is 11.7 Å². The molecule has 3 rings (SSSR count). The smallest absolute Gasteiger partial charge is 0.314 e. The monoisotopic (exact) mass is 448 g/mol. The lowest BCUT2D eigenvalue weighted by molar-refractivity contribution is -0.140. The van der Waals surface area contributed by atoms with Crippen LogP contribution in [0.5, 0.6) is 5.75 Å². The van der Waals surface area contributed by atoms with Crippen molar-refractivity contribution in [3.63, 3.8) is 0 Å². The number of esters is 1. The molecule has 2 aliphatic carbocycles. The summed E-state index contributed by atoms with van der Waals surface area (Å²) in [4.78, 5) is 12.5. The van der Waals surface area contributed by atoms with Crippen LogP contribution in [0.15, 0.2) is 36.4 Å². The van der Waals surface area contributed by atoms with Crippen molar-refractivity contribution >= 4 is 5.97 Å². The van der Waals surface area contributed by atoms with Crippen LogP contribution in [0.25, 0.3) is 0 Å². The summed E-state index contributed by atoms with van der Waals surface area (Å²) < 4.78 is 5.65. The second kappa shape index (κ2) is 14.3. The second-order valence-corrected chi connectivity index (χ2v) is 10.4. The van der Waals surface area contributed by atoms with Crippen LogP contribution in [0, 0.1) is 35.5 Å². The van der Waals surface area contributed by atoms with Crippen LogP contribution in [0.1, 0.15) is 109 Å². The lowest BCUT2D eigenvalue weighted by Crippen LogP contribution is -2.25. The van der Waals surface area contributed by atoms with Crippen molar-refractivity contribution in [1.29, 1.82) is 0 Å². The molecule has 0 radical (unpaired) electrons. The number of carbonyl (C=O) groups excluding carboxylic acids is 1. The van der Waals surface area contributed by atoms with Gasteiger partial charge < -0.3 is 4.74 Å². The van der Waals surface area contributed by atoms with Gasteiger partial charge in [-0.3, -0.25) is 4.79 Å². The van der Waals surface area contributed by atoms with Crippen LogP contribution in [-0.2, 0) is 4.79 Å². The summed E-state index contributed by atoms with van der Waals surface area (Å²) in [6.07, 6.45) is 22.1. The molecule has 0 spiro atoms. The van der Waals surface area contributed by atoms with Crippen LogP contribution < -0.4 is 4.74 Å². The predicted molar refractivity (Wildman–Crippen MR) is 138 cm³/mol. The normalized spacial score (nSPS) is 25.4. The Bertz CT molecular complexity index is 778. The Kier molecular flexibility index (Phi) is 11.1. The highest BCUT2D eigenvalue weighted by Gasteiger charge is 2.27. The lowest BCUT2D eigenvalue weighted by Gasteiger charge is -2.26. The van der Waals surface area contributed by atoms with E-state index in [4.69, 9.17) is 4.74 Å². The highest BCUT2D eigenvalue weighted by Crippen LogP contribution is 2.33. The largest absolute Gasteiger partial charge is 0.426 e. The van der Waals surface area contributed by atoms with E-state index in [2.05, 4.69) is 31.8 Å². The maximum Gasteiger partial charge on any atom is 0.314 e. The Labute approximate surface area is 202 Å². The Morgan fingerprint density at radius 2 is 1.55 bits per heavy atom. The number of hydrogen-bond acceptors (Lipinski definition) is 2. The minimum absolute atomic E-state index is 0.0631. The minimum Gasteiger partial charge on any atom is -0.426 e. The van der Waals surface area contributed by atoms with Crippen LogP contribution in [0.4, 0.5) is 0 Å². The van der Waals surface area contributed by atoms with E-state index in [0.717, 1.165) is 43.1 Å². The minimum atomic E-state index is -0.0631. The summed E-state index contributed by atoms with van der Waals surface area (Å²) in [7, 11) is 0. The van der Waals surface area contributed by atoms with Crippen molar-refractivity contribution in [1.82, 2.24) is 0 Å². The summed E-state index contributed by atoms with van der Waals surface area (Å²) in [5, 5.41) is 0. The Morgan fingerprint density at radius 3 is 2.21 bits per heavy atom. The highest BCUT2D eigenvalue weighted by molar-refractivity contribution is 5.75. The molecule has 0 atom stereocenters. The summed E-state index contributed by atoms with van der Waals surface area (Å²) in [6, 6.07) is 7.63. The molecular formula is C31H44O2. The van der Waals surface area contributed by atoms with E-state index in [-0.39, 0.29) is 11.9 Å². The van der Waals surface area contributed by atoms with Gasteiger partial charge in [0.15, 0.2) is 0 Å². The van der Waals surface area contributed by atoms with Crippen molar-refractivity contribution in [2.45, 2.75) is 104 Å². The fraction of sp³-hybridized carbons (Fsp3) is 0.645. The topological polar surface area (TPSA) is 26.3 Å². The molecule has 0 bridgehead atoms. The number of rotatable bonds is 9. The molecule has 0 unspecified atom stereocenters. The Hall–Kier alpha value is -2.01. The molecule has 2 fully saturated rings. The van der Waals surface area contributed by atoms with Crippen LogP contribution in [0.3, 0.4) is 0 Å². The van der Waals surface area contributed by atoms with E-state index in [9.17, 15) is 4.79 Å². The molecule has 1 aromatic rings. The SMILES string of the molecule is CCCCCC1CCC(/C=C/C#Cc2ccc(OC(=O)C3CCC(CCC)CC3)cc2)CC1. The second-order valence-electron chi connectivity index (χ2n) is 10.4. The predicted octanol–water partition coefficient (Wildman–Crippen LogP) is 8.49. The molecule has 0 aromatic heterocycles. The molecule has 0 saturated heterocycles. The number of hydrogen-bond donors (Lipinski definition) is 0. The number of benzene rings is 1. The third-order valence-electron chi connectivity index (χ3n) is 7.73. The molecular weight excluding hydrogens is 404 g/mol. The van der Waals surface area contributed by atoms with Gasteiger partial charge in [-0.05, 0) is 99.5 Å².